The summed E-state index contributed by atoms with van der Waals surface area (Å²) in [5.41, 5.74) is 2.89. The minimum atomic E-state index is -0.464. The number of aliphatic imine (C=N–C) groups is 1. The van der Waals surface area contributed by atoms with Crippen molar-refractivity contribution >= 4 is 28.8 Å². The lowest BCUT2D eigenvalue weighted by molar-refractivity contribution is -0.130. The fraction of sp³-hybridized carbons (Fsp3) is 0.261. The van der Waals surface area contributed by atoms with Gasteiger partial charge in [0.15, 0.2) is 17.2 Å². The van der Waals surface area contributed by atoms with Gasteiger partial charge in [0, 0.05) is 32.4 Å². The number of para-hydroxylation sites is 3. The van der Waals surface area contributed by atoms with Gasteiger partial charge >= 0.3 is 5.97 Å². The molecule has 2 aromatic carbocycles. The van der Waals surface area contributed by atoms with Gasteiger partial charge in [0.25, 0.3) is 0 Å². The molecule has 9 heteroatoms. The second kappa shape index (κ2) is 7.60. The van der Waals surface area contributed by atoms with Gasteiger partial charge in [-0.2, -0.15) is 0 Å². The Hall–Kier alpha value is -4.01. The van der Waals surface area contributed by atoms with Crippen molar-refractivity contribution in [2.24, 2.45) is 4.99 Å². The number of rotatable bonds is 3. The Morgan fingerprint density at radius 2 is 1.81 bits per heavy atom. The Kier molecular flexibility index (Phi) is 4.45. The van der Waals surface area contributed by atoms with Gasteiger partial charge in [-0.15, -0.1) is 0 Å². The van der Waals surface area contributed by atoms with Crippen LogP contribution in [0, 0.1) is 0 Å². The van der Waals surface area contributed by atoms with Crippen LogP contribution in [0.2, 0.25) is 0 Å². The zero-order chi connectivity index (χ0) is 21.5. The Balaban J connectivity index is 1.17. The highest BCUT2D eigenvalue weighted by atomic mass is 16.6. The molecule has 1 aromatic heterocycles. The van der Waals surface area contributed by atoms with Crippen LogP contribution in [0.5, 0.6) is 11.5 Å². The van der Waals surface area contributed by atoms with Gasteiger partial charge in [0.05, 0.1) is 16.6 Å². The van der Waals surface area contributed by atoms with E-state index in [9.17, 15) is 4.79 Å². The largest absolute Gasteiger partial charge is 0.486 e. The molecular weight excluding hydrogens is 410 g/mol. The molecule has 0 bridgehead atoms. The first-order chi connectivity index (χ1) is 15.7. The number of hydrogen-bond donors (Lipinski definition) is 1. The predicted molar refractivity (Wildman–Crippen MR) is 118 cm³/mol. The predicted octanol–water partition coefficient (Wildman–Crippen LogP) is 2.30. The molecule has 162 valence electrons. The number of ether oxygens (including phenoxy) is 3. The maximum atomic E-state index is 12.5. The number of nitrogens with zero attached hydrogens (tertiary/aromatic N) is 4. The number of nitrogens with one attached hydrogen (secondary N) is 1. The first-order valence-corrected chi connectivity index (χ1v) is 10.6. The lowest BCUT2D eigenvalue weighted by Gasteiger charge is -2.33. The zero-order valence-corrected chi connectivity index (χ0v) is 17.3. The molecule has 0 amide bonds. The molecule has 0 unspecified atom stereocenters. The number of carbonyl (C=O) groups is 1. The Morgan fingerprint density at radius 3 is 2.69 bits per heavy atom. The summed E-state index contributed by atoms with van der Waals surface area (Å²) in [6, 6.07) is 13.5. The van der Waals surface area contributed by atoms with Crippen LogP contribution in [-0.4, -0.2) is 66.1 Å². The summed E-state index contributed by atoms with van der Waals surface area (Å²) in [7, 11) is 0. The van der Waals surface area contributed by atoms with Gasteiger partial charge < -0.3 is 29.0 Å². The highest BCUT2D eigenvalue weighted by Gasteiger charge is 2.30. The summed E-state index contributed by atoms with van der Waals surface area (Å²) in [6.07, 6.45) is 1.78. The number of H-pyrrole nitrogens is 1. The second-order valence-electron chi connectivity index (χ2n) is 7.75. The number of benzene rings is 2. The van der Waals surface area contributed by atoms with Gasteiger partial charge in [0.2, 0.25) is 11.8 Å². The van der Waals surface area contributed by atoms with Crippen LogP contribution >= 0.6 is 0 Å². The topological polar surface area (TPSA) is 92.3 Å². The number of anilines is 1. The Bertz CT molecular complexity index is 1220. The zero-order valence-electron chi connectivity index (χ0n) is 17.3. The lowest BCUT2D eigenvalue weighted by atomic mass is 10.1. The summed E-state index contributed by atoms with van der Waals surface area (Å²) in [4.78, 5) is 29.2. The summed E-state index contributed by atoms with van der Waals surface area (Å²) in [5.74, 6) is 1.84. The molecule has 3 aromatic rings. The third-order valence-electron chi connectivity index (χ3n) is 5.71. The van der Waals surface area contributed by atoms with E-state index in [1.54, 1.807) is 6.20 Å². The third-order valence-corrected chi connectivity index (χ3v) is 5.71. The van der Waals surface area contributed by atoms with E-state index in [1.165, 1.54) is 0 Å². The number of esters is 1. The van der Waals surface area contributed by atoms with Gasteiger partial charge in [-0.25, -0.2) is 14.8 Å². The van der Waals surface area contributed by atoms with Crippen molar-refractivity contribution in [1.29, 1.82) is 0 Å². The molecule has 0 radical (unpaired) electrons. The van der Waals surface area contributed by atoms with Crippen molar-refractivity contribution in [2.45, 2.75) is 0 Å². The lowest BCUT2D eigenvalue weighted by Crippen LogP contribution is -2.44. The SMILES string of the molecule is O=C1OC(c2cccc3c2OCCO3)=NC1=CN1CCN(c2nc3ccccc3[nH]2)CC1. The fourth-order valence-electron chi connectivity index (χ4n) is 4.08. The average molecular weight is 431 g/mol. The van der Waals surface area contributed by atoms with Crippen LogP contribution in [0.1, 0.15) is 5.56 Å². The smallest absolute Gasteiger partial charge is 0.365 e. The van der Waals surface area contributed by atoms with Crippen molar-refractivity contribution < 1.29 is 19.0 Å². The van der Waals surface area contributed by atoms with E-state index in [-0.39, 0.29) is 11.6 Å². The van der Waals surface area contributed by atoms with E-state index < -0.39 is 5.97 Å². The first kappa shape index (κ1) is 18.7. The molecule has 6 rings (SSSR count). The summed E-state index contributed by atoms with van der Waals surface area (Å²) >= 11 is 0. The highest BCUT2D eigenvalue weighted by Crippen LogP contribution is 2.35. The number of hydrogen-bond acceptors (Lipinski definition) is 8. The van der Waals surface area contributed by atoms with Gasteiger partial charge in [-0.3, -0.25) is 0 Å². The molecule has 32 heavy (non-hydrogen) atoms. The van der Waals surface area contributed by atoms with Crippen molar-refractivity contribution in [3.05, 3.63) is 59.9 Å². The van der Waals surface area contributed by atoms with Crippen molar-refractivity contribution in [3.8, 4) is 11.5 Å². The molecule has 0 spiro atoms. The molecule has 1 saturated heterocycles. The number of imidazole rings is 1. The van der Waals surface area contributed by atoms with Crippen LogP contribution < -0.4 is 14.4 Å². The van der Waals surface area contributed by atoms with Crippen molar-refractivity contribution in [1.82, 2.24) is 14.9 Å². The van der Waals surface area contributed by atoms with E-state index >= 15 is 0 Å². The molecule has 1 fully saturated rings. The van der Waals surface area contributed by atoms with Crippen LogP contribution in [-0.2, 0) is 9.53 Å². The normalized spacial score (nSPS) is 19.4. The van der Waals surface area contributed by atoms with Gasteiger partial charge in [0.1, 0.15) is 13.2 Å². The Labute approximate surface area is 183 Å². The number of carbonyl (C=O) groups excluding carboxylic acids is 1. The highest BCUT2D eigenvalue weighted by molar-refractivity contribution is 6.12. The number of piperazine rings is 1. The molecule has 0 saturated carbocycles. The minimum Gasteiger partial charge on any atom is -0.486 e. The van der Waals surface area contributed by atoms with Crippen molar-refractivity contribution in [3.63, 3.8) is 0 Å². The van der Waals surface area contributed by atoms with E-state index in [2.05, 4.69) is 24.8 Å². The summed E-state index contributed by atoms with van der Waals surface area (Å²) in [6.45, 7) is 4.00. The molecule has 3 aliphatic rings. The van der Waals surface area contributed by atoms with Crippen molar-refractivity contribution in [2.75, 3.05) is 44.3 Å². The molecule has 3 aliphatic heterocycles. The molecule has 0 atom stereocenters. The maximum absolute atomic E-state index is 12.5. The van der Waals surface area contributed by atoms with Crippen LogP contribution in [0.25, 0.3) is 11.0 Å². The Morgan fingerprint density at radius 1 is 0.969 bits per heavy atom. The fourth-order valence-corrected chi connectivity index (χ4v) is 4.08. The van der Waals surface area contributed by atoms with E-state index in [0.717, 1.165) is 43.2 Å². The van der Waals surface area contributed by atoms with E-state index in [4.69, 9.17) is 14.2 Å². The number of fused-ring (bicyclic) bond motifs is 2. The number of aromatic amines is 1. The van der Waals surface area contributed by atoms with E-state index in [1.807, 2.05) is 42.5 Å². The second-order valence-corrected chi connectivity index (χ2v) is 7.75. The standard InChI is InChI=1S/C23H21N5O4/c29-22-18(24-21(32-22)15-4-3-7-19-20(15)31-13-12-30-19)14-27-8-10-28(11-9-27)23-25-16-5-1-2-6-17(16)26-23/h1-7,14H,8-13H2,(H,25,26). The molecule has 0 aliphatic carbocycles. The number of cyclic esters (lactones) is 1. The molecular formula is C23H21N5O4. The molecule has 4 heterocycles. The minimum absolute atomic E-state index is 0.240. The van der Waals surface area contributed by atoms with Crippen LogP contribution in [0.3, 0.4) is 0 Å². The summed E-state index contributed by atoms with van der Waals surface area (Å²) in [5, 5.41) is 0. The van der Waals surface area contributed by atoms with E-state index in [0.29, 0.717) is 30.3 Å². The maximum Gasteiger partial charge on any atom is 0.365 e. The van der Waals surface area contributed by atoms with Gasteiger partial charge in [-0.05, 0) is 24.3 Å². The summed E-state index contributed by atoms with van der Waals surface area (Å²) < 4.78 is 16.8. The van der Waals surface area contributed by atoms with Crippen LogP contribution in [0.15, 0.2) is 59.4 Å². The third kappa shape index (κ3) is 3.31. The van der Waals surface area contributed by atoms with Crippen LogP contribution in [0.4, 0.5) is 5.95 Å². The number of aromatic nitrogens is 2. The quantitative estimate of drug-likeness (QED) is 0.503. The first-order valence-electron chi connectivity index (χ1n) is 10.6. The average Bonchev–Trinajstić information content (AvgIpc) is 3.43. The van der Waals surface area contributed by atoms with Gasteiger partial charge in [-0.1, -0.05) is 18.2 Å². The monoisotopic (exact) mass is 431 g/mol. The molecule has 9 nitrogen and oxygen atoms in total. The molecule has 1 N–H and O–H groups in total.